The molecule has 0 saturated carbocycles. The lowest BCUT2D eigenvalue weighted by molar-refractivity contribution is -0.114. The predicted molar refractivity (Wildman–Crippen MR) is 96.8 cm³/mol. The van der Waals surface area contributed by atoms with Crippen LogP contribution in [0.4, 0.5) is 5.82 Å². The van der Waals surface area contributed by atoms with Crippen LogP contribution in [0.3, 0.4) is 0 Å². The Balaban J connectivity index is 2.10. The van der Waals surface area contributed by atoms with Crippen molar-refractivity contribution in [1.29, 1.82) is 0 Å². The summed E-state index contributed by atoms with van der Waals surface area (Å²) in [6.07, 6.45) is 4.97. The van der Waals surface area contributed by atoms with Crippen LogP contribution in [0.1, 0.15) is 17.3 Å². The number of rotatable bonds is 4. The second kappa shape index (κ2) is 6.78. The third kappa shape index (κ3) is 3.54. The summed E-state index contributed by atoms with van der Waals surface area (Å²) in [6, 6.07) is 10.7. The summed E-state index contributed by atoms with van der Waals surface area (Å²) in [5, 5.41) is 3.15. The fraction of sp³-hybridized carbons (Fsp3) is 0.0556. The molecular formula is C18H15ClN4O2. The van der Waals surface area contributed by atoms with Crippen molar-refractivity contribution >= 4 is 29.2 Å². The van der Waals surface area contributed by atoms with Crippen molar-refractivity contribution in [2.24, 2.45) is 5.73 Å². The molecule has 2 aromatic heterocycles. The lowest BCUT2D eigenvalue weighted by Gasteiger charge is -2.06. The Kier molecular flexibility index (Phi) is 4.54. The van der Waals surface area contributed by atoms with Crippen molar-refractivity contribution in [1.82, 2.24) is 9.55 Å². The number of carbonyl (C=O) groups is 2. The maximum atomic E-state index is 11.9. The molecule has 0 aliphatic heterocycles. The van der Waals surface area contributed by atoms with Gasteiger partial charge in [0.15, 0.2) is 0 Å². The minimum atomic E-state index is -0.551. The van der Waals surface area contributed by atoms with Crippen molar-refractivity contribution in [3.63, 3.8) is 0 Å². The van der Waals surface area contributed by atoms with E-state index in [2.05, 4.69) is 10.3 Å². The Morgan fingerprint density at radius 2 is 1.92 bits per heavy atom. The predicted octanol–water partition coefficient (Wildman–Crippen LogP) is 3.25. The quantitative estimate of drug-likeness (QED) is 0.753. The molecule has 2 heterocycles. The Labute approximate surface area is 149 Å². The van der Waals surface area contributed by atoms with Crippen LogP contribution < -0.4 is 11.1 Å². The molecule has 0 atom stereocenters. The summed E-state index contributed by atoms with van der Waals surface area (Å²) in [6.45, 7) is 1.41. The van der Waals surface area contributed by atoms with Crippen molar-refractivity contribution < 1.29 is 9.59 Å². The standard InChI is InChI=1S/C18H15ClN4O2/c1-11(24)22-17-8-12(6-7-21-17)23-9-14(15(10-23)18(20)25)13-4-2-3-5-16(13)19/h2-10H,1H3,(H2,20,25)(H,21,22,24). The molecule has 0 aliphatic rings. The second-order valence-corrected chi connectivity index (χ2v) is 5.82. The first kappa shape index (κ1) is 16.7. The molecule has 25 heavy (non-hydrogen) atoms. The summed E-state index contributed by atoms with van der Waals surface area (Å²) >= 11 is 6.25. The zero-order chi connectivity index (χ0) is 18.0. The number of nitrogens with zero attached hydrogens (tertiary/aromatic N) is 2. The van der Waals surface area contributed by atoms with Gasteiger partial charge in [-0.3, -0.25) is 9.59 Å². The smallest absolute Gasteiger partial charge is 0.250 e. The van der Waals surface area contributed by atoms with Gasteiger partial charge in [-0.25, -0.2) is 4.98 Å². The topological polar surface area (TPSA) is 90.0 Å². The van der Waals surface area contributed by atoms with Crippen LogP contribution in [-0.4, -0.2) is 21.4 Å². The molecular weight excluding hydrogens is 340 g/mol. The average molecular weight is 355 g/mol. The molecule has 7 heteroatoms. The number of benzene rings is 1. The molecule has 1 aromatic carbocycles. The largest absolute Gasteiger partial charge is 0.366 e. The normalized spacial score (nSPS) is 10.5. The molecule has 3 N–H and O–H groups in total. The minimum absolute atomic E-state index is 0.216. The van der Waals surface area contributed by atoms with Gasteiger partial charge in [0.1, 0.15) is 5.82 Å². The number of hydrogen-bond donors (Lipinski definition) is 2. The highest BCUT2D eigenvalue weighted by atomic mass is 35.5. The maximum absolute atomic E-state index is 11.9. The lowest BCUT2D eigenvalue weighted by atomic mass is 10.0. The molecule has 2 amide bonds. The van der Waals surface area contributed by atoms with Gasteiger partial charge in [-0.15, -0.1) is 0 Å². The van der Waals surface area contributed by atoms with E-state index >= 15 is 0 Å². The summed E-state index contributed by atoms with van der Waals surface area (Å²) in [5.41, 5.74) is 7.95. The number of carbonyl (C=O) groups excluding carboxylic acids is 2. The third-order valence-corrected chi connectivity index (χ3v) is 3.93. The number of nitrogens with one attached hydrogen (secondary N) is 1. The molecule has 0 bridgehead atoms. The number of primary amides is 1. The first-order valence-corrected chi connectivity index (χ1v) is 7.84. The van der Waals surface area contributed by atoms with Gasteiger partial charge in [0.05, 0.1) is 11.3 Å². The number of nitrogens with two attached hydrogens (primary N) is 1. The number of amides is 2. The number of hydrogen-bond acceptors (Lipinski definition) is 3. The Bertz CT molecular complexity index is 965. The molecule has 0 unspecified atom stereocenters. The zero-order valence-corrected chi connectivity index (χ0v) is 14.1. The summed E-state index contributed by atoms with van der Waals surface area (Å²) in [5.74, 6) is -0.352. The van der Waals surface area contributed by atoms with Crippen LogP contribution in [0.25, 0.3) is 16.8 Å². The zero-order valence-electron chi connectivity index (χ0n) is 13.4. The molecule has 3 rings (SSSR count). The summed E-state index contributed by atoms with van der Waals surface area (Å²) in [4.78, 5) is 27.1. The van der Waals surface area contributed by atoms with Crippen LogP contribution in [0.2, 0.25) is 5.02 Å². The van der Waals surface area contributed by atoms with Crippen LogP contribution in [0, 0.1) is 0 Å². The Morgan fingerprint density at radius 3 is 2.60 bits per heavy atom. The van der Waals surface area contributed by atoms with Gasteiger partial charge in [0.2, 0.25) is 5.91 Å². The summed E-state index contributed by atoms with van der Waals surface area (Å²) in [7, 11) is 0. The highest BCUT2D eigenvalue weighted by Gasteiger charge is 2.16. The maximum Gasteiger partial charge on any atom is 0.250 e. The van der Waals surface area contributed by atoms with Crippen molar-refractivity contribution in [3.05, 3.63) is 65.6 Å². The number of pyridine rings is 1. The Morgan fingerprint density at radius 1 is 1.16 bits per heavy atom. The molecule has 0 saturated heterocycles. The first-order valence-electron chi connectivity index (χ1n) is 7.46. The van der Waals surface area contributed by atoms with Crippen molar-refractivity contribution in [3.8, 4) is 16.8 Å². The molecule has 6 nitrogen and oxygen atoms in total. The van der Waals surface area contributed by atoms with Gasteiger partial charge >= 0.3 is 0 Å². The van der Waals surface area contributed by atoms with Gasteiger partial charge in [-0.05, 0) is 12.1 Å². The van der Waals surface area contributed by atoms with E-state index in [1.165, 1.54) is 6.92 Å². The molecule has 0 spiro atoms. The van der Waals surface area contributed by atoms with Crippen LogP contribution in [0.15, 0.2) is 55.0 Å². The second-order valence-electron chi connectivity index (χ2n) is 5.42. The van der Waals surface area contributed by atoms with E-state index < -0.39 is 5.91 Å². The third-order valence-electron chi connectivity index (χ3n) is 3.60. The fourth-order valence-electron chi connectivity index (χ4n) is 2.52. The minimum Gasteiger partial charge on any atom is -0.366 e. The van der Waals surface area contributed by atoms with Gasteiger partial charge in [-0.2, -0.15) is 0 Å². The van der Waals surface area contributed by atoms with Crippen LogP contribution in [0.5, 0.6) is 0 Å². The highest BCUT2D eigenvalue weighted by molar-refractivity contribution is 6.33. The lowest BCUT2D eigenvalue weighted by Crippen LogP contribution is -2.11. The van der Waals surface area contributed by atoms with E-state index in [-0.39, 0.29) is 5.91 Å². The van der Waals surface area contributed by atoms with E-state index in [9.17, 15) is 9.59 Å². The molecule has 0 fully saturated rings. The highest BCUT2D eigenvalue weighted by Crippen LogP contribution is 2.32. The van der Waals surface area contributed by atoms with E-state index in [1.54, 1.807) is 41.4 Å². The van der Waals surface area contributed by atoms with E-state index in [4.69, 9.17) is 17.3 Å². The van der Waals surface area contributed by atoms with Crippen molar-refractivity contribution in [2.45, 2.75) is 6.92 Å². The van der Waals surface area contributed by atoms with Crippen LogP contribution >= 0.6 is 11.6 Å². The monoisotopic (exact) mass is 354 g/mol. The van der Waals surface area contributed by atoms with Gasteiger partial charge in [0, 0.05) is 47.7 Å². The molecule has 0 aliphatic carbocycles. The molecule has 3 aromatic rings. The molecule has 126 valence electrons. The number of halogens is 1. The molecule has 0 radical (unpaired) electrons. The van der Waals surface area contributed by atoms with Gasteiger partial charge < -0.3 is 15.6 Å². The average Bonchev–Trinajstić information content (AvgIpc) is 3.00. The van der Waals surface area contributed by atoms with E-state index in [0.29, 0.717) is 27.5 Å². The first-order chi connectivity index (χ1) is 12.0. The number of aromatic nitrogens is 2. The Hall–Kier alpha value is -3.12. The summed E-state index contributed by atoms with van der Waals surface area (Å²) < 4.78 is 1.74. The van der Waals surface area contributed by atoms with E-state index in [1.807, 2.05) is 18.2 Å². The van der Waals surface area contributed by atoms with Crippen LogP contribution in [-0.2, 0) is 4.79 Å². The van der Waals surface area contributed by atoms with E-state index in [0.717, 1.165) is 5.69 Å². The number of anilines is 1. The van der Waals surface area contributed by atoms with Gasteiger partial charge in [0.25, 0.3) is 5.91 Å². The fourth-order valence-corrected chi connectivity index (χ4v) is 2.76. The van der Waals surface area contributed by atoms with Gasteiger partial charge in [-0.1, -0.05) is 29.8 Å². The SMILES string of the molecule is CC(=O)Nc1cc(-n2cc(C(N)=O)c(-c3ccccc3Cl)c2)ccn1. The van der Waals surface area contributed by atoms with Crippen molar-refractivity contribution in [2.75, 3.05) is 5.32 Å².